The molecule has 0 unspecified atom stereocenters. The summed E-state index contributed by atoms with van der Waals surface area (Å²) < 4.78 is 5.57. The van der Waals surface area contributed by atoms with E-state index in [9.17, 15) is 5.11 Å². The average Bonchev–Trinajstić information content (AvgIpc) is 2.32. The number of rotatable bonds is 3. The highest BCUT2D eigenvalue weighted by molar-refractivity contribution is 6.31. The molecule has 1 aromatic heterocycles. The Labute approximate surface area is 111 Å². The van der Waals surface area contributed by atoms with Gasteiger partial charge < -0.3 is 9.84 Å². The van der Waals surface area contributed by atoms with E-state index in [1.54, 1.807) is 30.6 Å². The Morgan fingerprint density at radius 3 is 2.72 bits per heavy atom. The first kappa shape index (κ1) is 12.7. The molecule has 0 aliphatic heterocycles. The number of benzene rings is 1. The highest BCUT2D eigenvalue weighted by Gasteiger charge is 2.07. The van der Waals surface area contributed by atoms with Gasteiger partial charge in [-0.1, -0.05) is 11.6 Å². The molecule has 18 heavy (non-hydrogen) atoms. The van der Waals surface area contributed by atoms with Gasteiger partial charge in [0.2, 0.25) is 0 Å². The van der Waals surface area contributed by atoms with Crippen molar-refractivity contribution in [2.75, 3.05) is 0 Å². The lowest BCUT2D eigenvalue weighted by Crippen LogP contribution is -2.05. The van der Waals surface area contributed by atoms with Crippen molar-refractivity contribution in [3.8, 4) is 22.6 Å². The molecule has 0 saturated carbocycles. The molecule has 3 nitrogen and oxygen atoms in total. The minimum Gasteiger partial charge on any atom is -0.507 e. The van der Waals surface area contributed by atoms with E-state index in [0.717, 1.165) is 5.56 Å². The number of nitrogens with zero attached hydrogens (tertiary/aromatic N) is 1. The summed E-state index contributed by atoms with van der Waals surface area (Å²) in [5.74, 6) is 0.838. The topological polar surface area (TPSA) is 42.4 Å². The van der Waals surface area contributed by atoms with Crippen molar-refractivity contribution < 1.29 is 9.84 Å². The van der Waals surface area contributed by atoms with Crippen molar-refractivity contribution in [3.05, 3.63) is 41.7 Å². The van der Waals surface area contributed by atoms with Gasteiger partial charge in [-0.25, -0.2) is 0 Å². The van der Waals surface area contributed by atoms with E-state index < -0.39 is 0 Å². The summed E-state index contributed by atoms with van der Waals surface area (Å²) in [5.41, 5.74) is 1.41. The van der Waals surface area contributed by atoms with Crippen LogP contribution < -0.4 is 4.74 Å². The number of halogens is 1. The molecule has 0 bridgehead atoms. The molecule has 2 aromatic rings. The smallest absolute Gasteiger partial charge is 0.138 e. The second kappa shape index (κ2) is 5.27. The largest absolute Gasteiger partial charge is 0.507 e. The summed E-state index contributed by atoms with van der Waals surface area (Å²) >= 11 is 5.93. The molecule has 94 valence electrons. The van der Waals surface area contributed by atoms with Crippen LogP contribution >= 0.6 is 11.6 Å². The number of aromatic nitrogens is 1. The van der Waals surface area contributed by atoms with E-state index in [1.165, 1.54) is 0 Å². The van der Waals surface area contributed by atoms with E-state index in [1.807, 2.05) is 19.9 Å². The maximum Gasteiger partial charge on any atom is 0.138 e. The van der Waals surface area contributed by atoms with Crippen LogP contribution in [0.1, 0.15) is 13.8 Å². The van der Waals surface area contributed by atoms with Gasteiger partial charge in [-0.15, -0.1) is 0 Å². The SMILES string of the molecule is CC(C)Oc1cncc(-c2cc(Cl)ccc2O)c1. The monoisotopic (exact) mass is 263 g/mol. The van der Waals surface area contributed by atoms with Crippen LogP contribution in [0.15, 0.2) is 36.7 Å². The van der Waals surface area contributed by atoms with Crippen LogP contribution in [-0.4, -0.2) is 16.2 Å². The molecule has 0 radical (unpaired) electrons. The van der Waals surface area contributed by atoms with Crippen molar-refractivity contribution in [3.63, 3.8) is 0 Å². The Morgan fingerprint density at radius 1 is 1.22 bits per heavy atom. The molecule has 0 amide bonds. The normalized spacial score (nSPS) is 10.7. The number of hydrogen-bond acceptors (Lipinski definition) is 3. The van der Waals surface area contributed by atoms with Crippen molar-refractivity contribution in [1.29, 1.82) is 0 Å². The fourth-order valence-electron chi connectivity index (χ4n) is 1.64. The number of hydrogen-bond donors (Lipinski definition) is 1. The summed E-state index contributed by atoms with van der Waals surface area (Å²) in [7, 11) is 0. The highest BCUT2D eigenvalue weighted by Crippen LogP contribution is 2.32. The first-order valence-corrected chi connectivity index (χ1v) is 6.04. The lowest BCUT2D eigenvalue weighted by molar-refractivity contribution is 0.241. The Morgan fingerprint density at radius 2 is 2.00 bits per heavy atom. The van der Waals surface area contributed by atoms with E-state index >= 15 is 0 Å². The number of aromatic hydroxyl groups is 1. The zero-order valence-electron chi connectivity index (χ0n) is 10.2. The van der Waals surface area contributed by atoms with Gasteiger partial charge in [-0.3, -0.25) is 4.98 Å². The maximum atomic E-state index is 9.83. The number of phenolic OH excluding ortho intramolecular Hbond substituents is 1. The Balaban J connectivity index is 2.41. The summed E-state index contributed by atoms with van der Waals surface area (Å²) in [5, 5.41) is 10.4. The summed E-state index contributed by atoms with van der Waals surface area (Å²) in [4.78, 5) is 4.11. The Kier molecular flexibility index (Phi) is 3.72. The minimum atomic E-state index is 0.0787. The first-order chi connectivity index (χ1) is 8.56. The van der Waals surface area contributed by atoms with Crippen LogP contribution in [0.3, 0.4) is 0 Å². The van der Waals surface area contributed by atoms with Gasteiger partial charge in [0.15, 0.2) is 0 Å². The molecule has 0 fully saturated rings. The molecule has 0 spiro atoms. The van der Waals surface area contributed by atoms with Crippen LogP contribution in [0.25, 0.3) is 11.1 Å². The number of ether oxygens (including phenoxy) is 1. The molecule has 2 rings (SSSR count). The van der Waals surface area contributed by atoms with Gasteiger partial charge in [0.05, 0.1) is 12.3 Å². The van der Waals surface area contributed by atoms with Gasteiger partial charge in [0, 0.05) is 22.3 Å². The number of phenols is 1. The number of pyridine rings is 1. The molecule has 0 atom stereocenters. The zero-order chi connectivity index (χ0) is 13.1. The molecule has 1 N–H and O–H groups in total. The third-order valence-electron chi connectivity index (χ3n) is 2.35. The van der Waals surface area contributed by atoms with Crippen molar-refractivity contribution in [1.82, 2.24) is 4.98 Å². The molecule has 0 saturated heterocycles. The second-order valence-electron chi connectivity index (χ2n) is 4.24. The summed E-state index contributed by atoms with van der Waals surface area (Å²) in [6, 6.07) is 6.74. The molecular formula is C14H14ClNO2. The zero-order valence-corrected chi connectivity index (χ0v) is 11.0. The highest BCUT2D eigenvalue weighted by atomic mass is 35.5. The second-order valence-corrected chi connectivity index (χ2v) is 4.67. The Bertz CT molecular complexity index is 555. The maximum absolute atomic E-state index is 9.83. The van der Waals surface area contributed by atoms with E-state index in [2.05, 4.69) is 4.98 Å². The molecule has 1 aromatic carbocycles. The molecule has 0 aliphatic carbocycles. The lowest BCUT2D eigenvalue weighted by atomic mass is 10.1. The fourth-order valence-corrected chi connectivity index (χ4v) is 1.81. The third kappa shape index (κ3) is 2.93. The lowest BCUT2D eigenvalue weighted by Gasteiger charge is -2.11. The van der Waals surface area contributed by atoms with Gasteiger partial charge in [-0.05, 0) is 38.1 Å². The molecule has 1 heterocycles. The van der Waals surface area contributed by atoms with Gasteiger partial charge >= 0.3 is 0 Å². The van der Waals surface area contributed by atoms with Gasteiger partial charge in [-0.2, -0.15) is 0 Å². The van der Waals surface area contributed by atoms with Gasteiger partial charge in [0.25, 0.3) is 0 Å². The van der Waals surface area contributed by atoms with Crippen molar-refractivity contribution in [2.45, 2.75) is 20.0 Å². The van der Waals surface area contributed by atoms with Crippen LogP contribution in [-0.2, 0) is 0 Å². The summed E-state index contributed by atoms with van der Waals surface area (Å²) in [6.07, 6.45) is 3.39. The standard InChI is InChI=1S/C14H14ClNO2/c1-9(2)18-12-5-10(7-16-8-12)13-6-11(15)3-4-14(13)17/h3-9,17H,1-2H3. The van der Waals surface area contributed by atoms with Gasteiger partial charge in [0.1, 0.15) is 11.5 Å². The Hall–Kier alpha value is -1.74. The van der Waals surface area contributed by atoms with Crippen LogP contribution in [0.4, 0.5) is 0 Å². The van der Waals surface area contributed by atoms with Crippen LogP contribution in [0.5, 0.6) is 11.5 Å². The first-order valence-electron chi connectivity index (χ1n) is 5.67. The predicted molar refractivity (Wildman–Crippen MR) is 72.1 cm³/mol. The van der Waals surface area contributed by atoms with Crippen molar-refractivity contribution >= 4 is 11.6 Å². The van der Waals surface area contributed by atoms with Crippen molar-refractivity contribution in [2.24, 2.45) is 0 Å². The van der Waals surface area contributed by atoms with Crippen LogP contribution in [0.2, 0.25) is 5.02 Å². The predicted octanol–water partition coefficient (Wildman–Crippen LogP) is 3.89. The molecule has 4 heteroatoms. The van der Waals surface area contributed by atoms with Crippen LogP contribution in [0, 0.1) is 0 Å². The third-order valence-corrected chi connectivity index (χ3v) is 2.59. The summed E-state index contributed by atoms with van der Waals surface area (Å²) in [6.45, 7) is 3.90. The fraction of sp³-hybridized carbons (Fsp3) is 0.214. The molecular weight excluding hydrogens is 250 g/mol. The van der Waals surface area contributed by atoms with E-state index in [4.69, 9.17) is 16.3 Å². The minimum absolute atomic E-state index is 0.0787. The van der Waals surface area contributed by atoms with E-state index in [-0.39, 0.29) is 11.9 Å². The quantitative estimate of drug-likeness (QED) is 0.913. The molecule has 0 aliphatic rings. The van der Waals surface area contributed by atoms with E-state index in [0.29, 0.717) is 16.3 Å². The average molecular weight is 264 g/mol.